The Morgan fingerprint density at radius 1 is 1.16 bits per heavy atom. The van der Waals surface area contributed by atoms with E-state index in [0.717, 1.165) is 42.2 Å². The molecule has 0 bridgehead atoms. The summed E-state index contributed by atoms with van der Waals surface area (Å²) in [6.45, 7) is 3.84. The summed E-state index contributed by atoms with van der Waals surface area (Å²) in [6, 6.07) is 0.165. The minimum Gasteiger partial charge on any atom is -0.308 e. The highest BCUT2D eigenvalue weighted by molar-refractivity contribution is 6.10. The van der Waals surface area contributed by atoms with E-state index in [1.165, 1.54) is 5.57 Å². The van der Waals surface area contributed by atoms with Crippen molar-refractivity contribution in [2.75, 3.05) is 20.6 Å². The maximum atomic E-state index is 4.78. The van der Waals surface area contributed by atoms with Crippen LogP contribution in [0.5, 0.6) is 0 Å². The summed E-state index contributed by atoms with van der Waals surface area (Å²) in [5, 5.41) is 15.5. The molecule has 0 spiro atoms. The summed E-state index contributed by atoms with van der Waals surface area (Å²) in [7, 11) is 4.15. The molecular formula is C23H28N8. The highest BCUT2D eigenvalue weighted by atomic mass is 15.6. The fourth-order valence-corrected chi connectivity index (χ4v) is 4.10. The van der Waals surface area contributed by atoms with Gasteiger partial charge in [-0.2, -0.15) is 15.3 Å². The molecule has 3 aliphatic heterocycles. The van der Waals surface area contributed by atoms with Gasteiger partial charge in [0, 0.05) is 36.9 Å². The number of aliphatic imine (C=N–C) groups is 1. The Morgan fingerprint density at radius 2 is 2.06 bits per heavy atom. The van der Waals surface area contributed by atoms with Crippen LogP contribution in [0.2, 0.25) is 0 Å². The van der Waals surface area contributed by atoms with Crippen molar-refractivity contribution in [1.29, 1.82) is 0 Å². The van der Waals surface area contributed by atoms with Crippen molar-refractivity contribution >= 4 is 23.3 Å². The highest BCUT2D eigenvalue weighted by Gasteiger charge is 2.30. The minimum absolute atomic E-state index is 0.0350. The summed E-state index contributed by atoms with van der Waals surface area (Å²) in [5.41, 5.74) is 7.72. The molecule has 4 aliphatic rings. The summed E-state index contributed by atoms with van der Waals surface area (Å²) in [5.74, 6) is 1.11. The van der Waals surface area contributed by atoms with Crippen LogP contribution in [-0.2, 0) is 6.54 Å². The molecule has 0 aromatic carbocycles. The molecule has 8 nitrogen and oxygen atoms in total. The first-order valence-corrected chi connectivity index (χ1v) is 10.7. The monoisotopic (exact) mass is 416 g/mol. The predicted octanol–water partition coefficient (Wildman–Crippen LogP) is 2.27. The number of hydrazone groups is 2. The number of aromatic nitrogens is 2. The first-order chi connectivity index (χ1) is 15.0. The van der Waals surface area contributed by atoms with Gasteiger partial charge in [-0.3, -0.25) is 15.1 Å². The summed E-state index contributed by atoms with van der Waals surface area (Å²) >= 11 is 0. The van der Waals surface area contributed by atoms with Gasteiger partial charge in [-0.05, 0) is 44.3 Å². The second-order valence-electron chi connectivity index (χ2n) is 8.60. The number of hydrogen-bond acceptors (Lipinski definition) is 7. The molecule has 1 N–H and O–H groups in total. The highest BCUT2D eigenvalue weighted by Crippen LogP contribution is 2.30. The van der Waals surface area contributed by atoms with Gasteiger partial charge >= 0.3 is 0 Å². The Balaban J connectivity index is 1.28. The molecular weight excluding hydrogens is 388 g/mol. The number of hydrogen-bond donors (Lipinski definition) is 1. The molecule has 160 valence electrons. The van der Waals surface area contributed by atoms with Crippen LogP contribution in [0.3, 0.4) is 0 Å². The third-order valence-electron chi connectivity index (χ3n) is 5.84. The predicted molar refractivity (Wildman–Crippen MR) is 125 cm³/mol. The van der Waals surface area contributed by atoms with Gasteiger partial charge in [-0.1, -0.05) is 24.3 Å². The standard InChI is InChI=1S/C23H28N8/c1-16-4-7-22-26-27-23(31(22)28-16)11-17-5-6-21-18(10-17)12-19(13-24-21)20-14-25-30(15-20)9-8-29(2)3/h4-7,10,12-15,18,21,23,27H,8-9,11H2,1-3H3. The number of likely N-dealkylation sites (N-methyl/N-ethyl adjacent to an activating group) is 1. The van der Waals surface area contributed by atoms with E-state index >= 15 is 0 Å². The van der Waals surface area contributed by atoms with Crippen LogP contribution in [0.4, 0.5) is 0 Å². The van der Waals surface area contributed by atoms with E-state index in [9.17, 15) is 0 Å². The lowest BCUT2D eigenvalue weighted by Gasteiger charge is -2.27. The molecule has 4 heterocycles. The van der Waals surface area contributed by atoms with Crippen molar-refractivity contribution in [3.05, 3.63) is 60.0 Å². The van der Waals surface area contributed by atoms with Crippen molar-refractivity contribution in [3.63, 3.8) is 0 Å². The second-order valence-corrected chi connectivity index (χ2v) is 8.60. The first-order valence-electron chi connectivity index (χ1n) is 10.7. The summed E-state index contributed by atoms with van der Waals surface area (Å²) < 4.78 is 2.00. The van der Waals surface area contributed by atoms with Crippen molar-refractivity contribution in [1.82, 2.24) is 25.1 Å². The maximum absolute atomic E-state index is 4.78. The van der Waals surface area contributed by atoms with E-state index in [1.807, 2.05) is 41.2 Å². The minimum atomic E-state index is 0.0350. The van der Waals surface area contributed by atoms with Crippen LogP contribution >= 0.6 is 0 Å². The SMILES string of the molecule is CC1=NN2C(=NNC2CC2=CC3C=C(c4cnn(CCN(C)C)c4)C=NC3C=C2)C=C1. The lowest BCUT2D eigenvalue weighted by molar-refractivity contribution is 0.310. The molecule has 1 aromatic heterocycles. The molecule has 0 radical (unpaired) electrons. The second kappa shape index (κ2) is 8.11. The summed E-state index contributed by atoms with van der Waals surface area (Å²) in [6.07, 6.45) is 19.9. The van der Waals surface area contributed by atoms with Crippen LogP contribution in [0, 0.1) is 5.92 Å². The Kier molecular flexibility index (Phi) is 5.15. The van der Waals surface area contributed by atoms with Crippen LogP contribution < -0.4 is 5.43 Å². The number of nitrogens with one attached hydrogen (secondary N) is 1. The van der Waals surface area contributed by atoms with Gasteiger partial charge < -0.3 is 4.90 Å². The van der Waals surface area contributed by atoms with E-state index in [-0.39, 0.29) is 18.1 Å². The van der Waals surface area contributed by atoms with Gasteiger partial charge in [0.05, 0.1) is 24.5 Å². The quantitative estimate of drug-likeness (QED) is 0.772. The fraction of sp³-hybridized carbons (Fsp3) is 0.391. The Hall–Kier alpha value is -3.26. The first kappa shape index (κ1) is 19.7. The van der Waals surface area contributed by atoms with E-state index in [1.54, 1.807) is 0 Å². The van der Waals surface area contributed by atoms with Crippen molar-refractivity contribution in [2.45, 2.75) is 32.1 Å². The lowest BCUT2D eigenvalue weighted by Crippen LogP contribution is -2.38. The van der Waals surface area contributed by atoms with Gasteiger partial charge in [-0.15, -0.1) is 0 Å². The van der Waals surface area contributed by atoms with Gasteiger partial charge in [0.1, 0.15) is 6.17 Å². The normalized spacial score (nSPS) is 26.2. The lowest BCUT2D eigenvalue weighted by atomic mass is 9.86. The van der Waals surface area contributed by atoms with Gasteiger partial charge in [0.2, 0.25) is 0 Å². The zero-order valence-electron chi connectivity index (χ0n) is 18.2. The molecule has 31 heavy (non-hydrogen) atoms. The third-order valence-corrected chi connectivity index (χ3v) is 5.84. The molecule has 0 saturated heterocycles. The third kappa shape index (κ3) is 4.16. The van der Waals surface area contributed by atoms with Crippen molar-refractivity contribution < 1.29 is 0 Å². The molecule has 8 heteroatoms. The molecule has 1 aromatic rings. The largest absolute Gasteiger partial charge is 0.308 e. The number of nitrogens with zero attached hydrogens (tertiary/aromatic N) is 7. The Labute approximate surface area is 182 Å². The summed E-state index contributed by atoms with van der Waals surface area (Å²) in [4.78, 5) is 6.95. The molecule has 3 atom stereocenters. The maximum Gasteiger partial charge on any atom is 0.170 e. The van der Waals surface area contributed by atoms with E-state index in [2.05, 4.69) is 70.2 Å². The molecule has 1 aliphatic carbocycles. The van der Waals surface area contributed by atoms with Gasteiger partial charge in [0.15, 0.2) is 5.84 Å². The number of allylic oxidation sites excluding steroid dienone is 3. The van der Waals surface area contributed by atoms with E-state index in [4.69, 9.17) is 4.99 Å². The number of fused-ring (bicyclic) bond motifs is 2. The van der Waals surface area contributed by atoms with Crippen molar-refractivity contribution in [3.8, 4) is 0 Å². The van der Waals surface area contributed by atoms with Crippen LogP contribution in [0.15, 0.2) is 69.6 Å². The van der Waals surface area contributed by atoms with Crippen molar-refractivity contribution in [2.24, 2.45) is 21.1 Å². The molecule has 0 amide bonds. The smallest absolute Gasteiger partial charge is 0.170 e. The zero-order chi connectivity index (χ0) is 21.4. The number of rotatable bonds is 6. The number of amidine groups is 1. The fourth-order valence-electron chi connectivity index (χ4n) is 4.10. The Bertz CT molecular complexity index is 1070. The molecule has 5 rings (SSSR count). The van der Waals surface area contributed by atoms with Crippen LogP contribution in [0.25, 0.3) is 5.57 Å². The average Bonchev–Trinajstić information content (AvgIpc) is 3.39. The molecule has 3 unspecified atom stereocenters. The Morgan fingerprint density at radius 3 is 2.94 bits per heavy atom. The zero-order valence-corrected chi connectivity index (χ0v) is 18.2. The van der Waals surface area contributed by atoms with Gasteiger partial charge in [-0.25, -0.2) is 5.01 Å². The molecule has 0 fully saturated rings. The van der Waals surface area contributed by atoms with E-state index < -0.39 is 0 Å². The molecule has 0 saturated carbocycles. The van der Waals surface area contributed by atoms with Gasteiger partial charge in [0.25, 0.3) is 0 Å². The van der Waals surface area contributed by atoms with E-state index in [0.29, 0.717) is 0 Å². The number of dihydropyridines is 1. The van der Waals surface area contributed by atoms with Crippen LogP contribution in [-0.4, -0.2) is 70.3 Å². The van der Waals surface area contributed by atoms with Crippen LogP contribution in [0.1, 0.15) is 18.9 Å². The average molecular weight is 417 g/mol. The topological polar surface area (TPSA) is 73.4 Å².